The van der Waals surface area contributed by atoms with Gasteiger partial charge in [-0.3, -0.25) is 0 Å². The molecular weight excluding hydrogens is 268 g/mol. The Bertz CT molecular complexity index is 497. The van der Waals surface area contributed by atoms with Crippen LogP contribution < -0.4 is 10.1 Å². The molecule has 1 N–H and O–H groups in total. The molecule has 1 unspecified atom stereocenters. The summed E-state index contributed by atoms with van der Waals surface area (Å²) in [5, 5.41) is 2.86. The summed E-state index contributed by atoms with van der Waals surface area (Å²) in [6, 6.07) is 0.441. The molecule has 0 radical (unpaired) electrons. The van der Waals surface area contributed by atoms with Crippen molar-refractivity contribution in [1.29, 1.82) is 0 Å². The third-order valence-corrected chi connectivity index (χ3v) is 2.94. The van der Waals surface area contributed by atoms with Crippen LogP contribution in [0.3, 0.4) is 0 Å². The van der Waals surface area contributed by atoms with E-state index in [9.17, 15) is 0 Å². The largest absolute Gasteiger partial charge is 0.494 e. The van der Waals surface area contributed by atoms with Crippen LogP contribution in [-0.4, -0.2) is 47.7 Å². The van der Waals surface area contributed by atoms with Gasteiger partial charge in [0.05, 0.1) is 25.8 Å². The fourth-order valence-electron chi connectivity index (χ4n) is 1.29. The fourth-order valence-corrected chi connectivity index (χ4v) is 1.29. The molecule has 0 saturated heterocycles. The third-order valence-electron chi connectivity index (χ3n) is 2.94. The van der Waals surface area contributed by atoms with Crippen molar-refractivity contribution in [3.8, 4) is 5.75 Å². The van der Waals surface area contributed by atoms with E-state index in [4.69, 9.17) is 4.74 Å². The highest BCUT2D eigenvalue weighted by atomic mass is 16.5. The van der Waals surface area contributed by atoms with Crippen LogP contribution in [0.4, 0.5) is 5.95 Å². The van der Waals surface area contributed by atoms with Gasteiger partial charge in [-0.15, -0.1) is 0 Å². The first-order chi connectivity index (χ1) is 10.1. The van der Waals surface area contributed by atoms with Crippen LogP contribution in [0.1, 0.15) is 20.3 Å². The number of aromatic nitrogens is 2. The van der Waals surface area contributed by atoms with Gasteiger partial charge in [0.2, 0.25) is 5.95 Å². The molecule has 7 heteroatoms. The number of ether oxygens (including phenoxy) is 1. The molecule has 7 nitrogen and oxygen atoms in total. The van der Waals surface area contributed by atoms with Crippen molar-refractivity contribution < 1.29 is 4.74 Å². The van der Waals surface area contributed by atoms with Gasteiger partial charge in [-0.05, 0) is 13.3 Å². The first kappa shape index (κ1) is 16.6. The predicted molar refractivity (Wildman–Crippen MR) is 85.8 cm³/mol. The molecule has 0 aliphatic carbocycles. The maximum Gasteiger partial charge on any atom is 0.228 e. The second-order valence-corrected chi connectivity index (χ2v) is 4.45. The van der Waals surface area contributed by atoms with E-state index in [1.54, 1.807) is 25.8 Å². The van der Waals surface area contributed by atoms with E-state index in [1.165, 1.54) is 6.34 Å². The Balaban J connectivity index is 2.45. The summed E-state index contributed by atoms with van der Waals surface area (Å²) in [5.41, 5.74) is 0. The lowest BCUT2D eigenvalue weighted by atomic mass is 10.2. The number of aliphatic imine (C=N–C) groups is 2. The van der Waals surface area contributed by atoms with Crippen molar-refractivity contribution in [3.05, 3.63) is 24.8 Å². The van der Waals surface area contributed by atoms with Crippen LogP contribution >= 0.6 is 0 Å². The highest BCUT2D eigenvalue weighted by molar-refractivity contribution is 5.71. The number of rotatable bonds is 8. The van der Waals surface area contributed by atoms with E-state index in [-0.39, 0.29) is 0 Å². The van der Waals surface area contributed by atoms with Gasteiger partial charge >= 0.3 is 0 Å². The smallest absolute Gasteiger partial charge is 0.228 e. The minimum atomic E-state index is 0.402. The predicted octanol–water partition coefficient (Wildman–Crippen LogP) is 2.16. The minimum Gasteiger partial charge on any atom is -0.494 e. The van der Waals surface area contributed by atoms with E-state index < -0.39 is 0 Å². The molecule has 0 aromatic carbocycles. The zero-order valence-electron chi connectivity index (χ0n) is 12.9. The lowest BCUT2D eigenvalue weighted by Crippen LogP contribution is -2.26. The van der Waals surface area contributed by atoms with Crippen molar-refractivity contribution >= 4 is 18.6 Å². The number of methoxy groups -OCH3 is 1. The molecule has 0 spiro atoms. The van der Waals surface area contributed by atoms with Crippen molar-refractivity contribution in [2.24, 2.45) is 9.98 Å². The van der Waals surface area contributed by atoms with Gasteiger partial charge in [0.15, 0.2) is 5.75 Å². The molecule has 0 fully saturated rings. The first-order valence-electron chi connectivity index (χ1n) is 6.66. The summed E-state index contributed by atoms with van der Waals surface area (Å²) in [5.74, 6) is 1.40. The van der Waals surface area contributed by atoms with Crippen LogP contribution in [-0.2, 0) is 0 Å². The Hall–Kier alpha value is -2.44. The quantitative estimate of drug-likeness (QED) is 0.586. The first-order valence-corrected chi connectivity index (χ1v) is 6.66. The van der Waals surface area contributed by atoms with Crippen LogP contribution in [0.15, 0.2) is 34.8 Å². The van der Waals surface area contributed by atoms with Crippen LogP contribution in [0.5, 0.6) is 5.75 Å². The number of nitrogens with zero attached hydrogens (tertiary/aromatic N) is 5. The highest BCUT2D eigenvalue weighted by Gasteiger charge is 2.00. The highest BCUT2D eigenvalue weighted by Crippen LogP contribution is 2.08. The molecule has 114 valence electrons. The molecule has 1 rings (SSSR count). The zero-order chi connectivity index (χ0) is 15.7. The molecule has 1 aromatic heterocycles. The number of anilines is 1. The molecule has 0 bridgehead atoms. The van der Waals surface area contributed by atoms with Crippen molar-refractivity contribution in [2.45, 2.75) is 26.3 Å². The maximum absolute atomic E-state index is 4.98. The molecule has 0 amide bonds. The topological polar surface area (TPSA) is 75.0 Å². The average molecular weight is 290 g/mol. The van der Waals surface area contributed by atoms with E-state index >= 15 is 0 Å². The standard InChI is InChI=1S/C14H22N6O/c1-6-11(2)20(4)10-15-9-18-12(3)19-14-16-7-13(21-5)8-17-14/h7-11H,3,6H2,1-2,4-5H3,(H,16,17,19). The van der Waals surface area contributed by atoms with E-state index in [0.717, 1.165) is 6.42 Å². The third kappa shape index (κ3) is 6.03. The number of hydrogen-bond donors (Lipinski definition) is 1. The molecule has 0 saturated carbocycles. The van der Waals surface area contributed by atoms with Crippen molar-refractivity contribution in [1.82, 2.24) is 14.9 Å². The van der Waals surface area contributed by atoms with Crippen LogP contribution in [0, 0.1) is 0 Å². The molecule has 1 heterocycles. The molecule has 0 aliphatic rings. The lowest BCUT2D eigenvalue weighted by molar-refractivity contribution is 0.391. The van der Waals surface area contributed by atoms with Gasteiger partial charge in [-0.1, -0.05) is 13.5 Å². The number of nitrogens with one attached hydrogen (secondary N) is 1. The Morgan fingerprint density at radius 1 is 1.52 bits per heavy atom. The van der Waals surface area contributed by atoms with E-state index in [2.05, 4.69) is 45.7 Å². The van der Waals surface area contributed by atoms with Crippen LogP contribution in [0.2, 0.25) is 0 Å². The summed E-state index contributed by atoms with van der Waals surface area (Å²) < 4.78 is 4.98. The second kappa shape index (κ2) is 8.68. The minimum absolute atomic E-state index is 0.402. The van der Waals surface area contributed by atoms with Crippen molar-refractivity contribution in [3.63, 3.8) is 0 Å². The molecule has 21 heavy (non-hydrogen) atoms. The van der Waals surface area contributed by atoms with Gasteiger partial charge in [0, 0.05) is 13.1 Å². The van der Waals surface area contributed by atoms with Gasteiger partial charge in [0.25, 0.3) is 0 Å². The number of hydrogen-bond acceptors (Lipinski definition) is 5. The second-order valence-electron chi connectivity index (χ2n) is 4.45. The van der Waals surface area contributed by atoms with Gasteiger partial charge in [-0.25, -0.2) is 20.0 Å². The van der Waals surface area contributed by atoms with Crippen LogP contribution in [0.25, 0.3) is 0 Å². The Kier molecular flexibility index (Phi) is 6.86. The Morgan fingerprint density at radius 3 is 2.76 bits per heavy atom. The summed E-state index contributed by atoms with van der Waals surface area (Å²) in [7, 11) is 3.53. The van der Waals surface area contributed by atoms with Gasteiger partial charge in [-0.2, -0.15) is 0 Å². The summed E-state index contributed by atoms with van der Waals surface area (Å²) >= 11 is 0. The monoisotopic (exact) mass is 290 g/mol. The van der Waals surface area contributed by atoms with E-state index in [1.807, 2.05) is 11.9 Å². The molecular formula is C14H22N6O. The zero-order valence-corrected chi connectivity index (χ0v) is 12.9. The van der Waals surface area contributed by atoms with E-state index in [0.29, 0.717) is 23.6 Å². The van der Waals surface area contributed by atoms with Gasteiger partial charge in [0.1, 0.15) is 12.2 Å². The fraction of sp³-hybridized carbons (Fsp3) is 0.429. The average Bonchev–Trinajstić information content (AvgIpc) is 2.51. The molecule has 1 atom stereocenters. The molecule has 0 aliphatic heterocycles. The van der Waals surface area contributed by atoms with Gasteiger partial charge < -0.3 is 15.0 Å². The SMILES string of the molecule is C=C(N=CN=CN(C)C(C)CC)Nc1ncc(OC)cn1. The summed E-state index contributed by atoms with van der Waals surface area (Å²) in [6.45, 7) is 8.01. The lowest BCUT2D eigenvalue weighted by Gasteiger charge is -2.19. The molecule has 1 aromatic rings. The van der Waals surface area contributed by atoms with Crippen molar-refractivity contribution in [2.75, 3.05) is 19.5 Å². The normalized spacial score (nSPS) is 12.6. The Labute approximate surface area is 125 Å². The summed E-state index contributed by atoms with van der Waals surface area (Å²) in [6.07, 6.45) is 7.34. The maximum atomic E-state index is 4.98. The Morgan fingerprint density at radius 2 is 2.19 bits per heavy atom. The summed E-state index contributed by atoms with van der Waals surface area (Å²) in [4.78, 5) is 18.3.